The zero-order valence-electron chi connectivity index (χ0n) is 21.3. The molecule has 0 radical (unpaired) electrons. The van der Waals surface area contributed by atoms with Gasteiger partial charge in [0.25, 0.3) is 0 Å². The fourth-order valence-corrected chi connectivity index (χ4v) is 6.72. The summed E-state index contributed by atoms with van der Waals surface area (Å²) in [6, 6.07) is 7.07. The SMILES string of the molecule is CC(C)(C)C[C@@H]1N[C@@H](C(=O)NC2CC(C)(O)C2)[C@H](c2cccc(F)c2F)[C@]12C(=O)Nc1cc(Cl)ccc12. The van der Waals surface area contributed by atoms with Crippen molar-refractivity contribution in [2.75, 3.05) is 5.32 Å². The molecule has 0 aromatic heterocycles. The van der Waals surface area contributed by atoms with Crippen LogP contribution in [0.2, 0.25) is 5.02 Å². The zero-order valence-corrected chi connectivity index (χ0v) is 22.0. The number of rotatable bonds is 4. The van der Waals surface area contributed by atoms with E-state index in [1.165, 1.54) is 12.1 Å². The molecule has 1 spiro atoms. The van der Waals surface area contributed by atoms with Gasteiger partial charge < -0.3 is 21.1 Å². The minimum absolute atomic E-state index is 0.0392. The van der Waals surface area contributed by atoms with Crippen molar-refractivity contribution in [1.29, 1.82) is 0 Å². The Hall–Kier alpha value is -2.55. The first kappa shape index (κ1) is 26.1. The molecule has 37 heavy (non-hydrogen) atoms. The Kier molecular flexibility index (Phi) is 6.17. The van der Waals surface area contributed by atoms with Crippen LogP contribution in [0.3, 0.4) is 0 Å². The van der Waals surface area contributed by atoms with E-state index < -0.39 is 46.6 Å². The van der Waals surface area contributed by atoms with E-state index in [1.54, 1.807) is 25.1 Å². The van der Waals surface area contributed by atoms with Gasteiger partial charge in [-0.1, -0.05) is 50.6 Å². The van der Waals surface area contributed by atoms with Crippen LogP contribution in [-0.2, 0) is 15.0 Å². The maximum absolute atomic E-state index is 15.5. The topological polar surface area (TPSA) is 90.5 Å². The number of hydrogen-bond acceptors (Lipinski definition) is 4. The summed E-state index contributed by atoms with van der Waals surface area (Å²) in [4.78, 5) is 27.7. The molecule has 2 aromatic rings. The fraction of sp³-hybridized carbons (Fsp3) is 0.500. The van der Waals surface area contributed by atoms with Crippen LogP contribution >= 0.6 is 11.6 Å². The summed E-state index contributed by atoms with van der Waals surface area (Å²) in [7, 11) is 0. The van der Waals surface area contributed by atoms with Crippen LogP contribution in [0.4, 0.5) is 14.5 Å². The second kappa shape index (κ2) is 8.75. The standard InChI is InChI=1S/C28H32ClF2N3O3/c1-26(2,3)13-20-28(17-9-8-14(29)10-19(17)33-25(28)36)21(16-6-5-7-18(30)22(16)31)23(34-20)24(35)32-15-11-27(4,37)12-15/h5-10,15,20-21,23,34,37H,11-13H2,1-4H3,(H,32,35)(H,33,36)/t15?,20-,21-,23+,27?,28+/m0/s1. The van der Waals surface area contributed by atoms with E-state index in [-0.39, 0.29) is 22.9 Å². The van der Waals surface area contributed by atoms with E-state index in [9.17, 15) is 19.1 Å². The number of amides is 2. The van der Waals surface area contributed by atoms with Crippen molar-refractivity contribution in [2.24, 2.45) is 5.41 Å². The molecule has 2 amide bonds. The van der Waals surface area contributed by atoms with Crippen molar-refractivity contribution < 1.29 is 23.5 Å². The normalized spacial score (nSPS) is 32.7. The van der Waals surface area contributed by atoms with E-state index in [0.717, 1.165) is 6.07 Å². The molecule has 198 valence electrons. The van der Waals surface area contributed by atoms with Gasteiger partial charge in [0.1, 0.15) is 5.41 Å². The van der Waals surface area contributed by atoms with Gasteiger partial charge in [-0.3, -0.25) is 9.59 Å². The molecule has 9 heteroatoms. The van der Waals surface area contributed by atoms with Gasteiger partial charge in [-0.15, -0.1) is 0 Å². The number of fused-ring (bicyclic) bond motifs is 2. The molecule has 1 aliphatic carbocycles. The number of carbonyl (C=O) groups is 2. The third-order valence-corrected chi connectivity index (χ3v) is 8.17. The lowest BCUT2D eigenvalue weighted by atomic mass is 9.62. The highest BCUT2D eigenvalue weighted by Gasteiger charge is 2.66. The Morgan fingerprint density at radius 3 is 2.57 bits per heavy atom. The van der Waals surface area contributed by atoms with Crippen molar-refractivity contribution in [3.8, 4) is 0 Å². The number of halogens is 3. The van der Waals surface area contributed by atoms with Gasteiger partial charge in [-0.25, -0.2) is 8.78 Å². The smallest absolute Gasteiger partial charge is 0.238 e. The highest BCUT2D eigenvalue weighted by Crippen LogP contribution is 2.57. The number of nitrogens with one attached hydrogen (secondary N) is 3. The molecular weight excluding hydrogens is 500 g/mol. The molecule has 2 fully saturated rings. The number of hydrogen-bond donors (Lipinski definition) is 4. The molecule has 4 atom stereocenters. The van der Waals surface area contributed by atoms with Gasteiger partial charge in [-0.05, 0) is 60.9 Å². The Bertz CT molecular complexity index is 1270. The molecule has 5 rings (SSSR count). The van der Waals surface area contributed by atoms with E-state index in [4.69, 9.17) is 11.6 Å². The van der Waals surface area contributed by atoms with Gasteiger partial charge in [0.05, 0.1) is 11.6 Å². The van der Waals surface area contributed by atoms with Crippen LogP contribution in [-0.4, -0.2) is 40.6 Å². The first-order valence-electron chi connectivity index (χ1n) is 12.6. The molecule has 3 aliphatic rings. The maximum Gasteiger partial charge on any atom is 0.238 e. The zero-order chi connectivity index (χ0) is 26.9. The van der Waals surface area contributed by atoms with Crippen LogP contribution in [0.15, 0.2) is 36.4 Å². The summed E-state index contributed by atoms with van der Waals surface area (Å²) in [6.07, 6.45) is 1.27. The van der Waals surface area contributed by atoms with Crippen LogP contribution in [0.5, 0.6) is 0 Å². The lowest BCUT2D eigenvalue weighted by molar-refractivity contribution is -0.127. The quantitative estimate of drug-likeness (QED) is 0.471. The molecule has 1 saturated heterocycles. The summed E-state index contributed by atoms with van der Waals surface area (Å²) in [5.41, 5.74) is -1.45. The molecule has 1 saturated carbocycles. The van der Waals surface area contributed by atoms with Gasteiger partial charge >= 0.3 is 0 Å². The average Bonchev–Trinajstić information content (AvgIpc) is 3.23. The Balaban J connectivity index is 1.69. The Morgan fingerprint density at radius 2 is 1.92 bits per heavy atom. The summed E-state index contributed by atoms with van der Waals surface area (Å²) in [5.74, 6) is -3.97. The lowest BCUT2D eigenvalue weighted by Crippen LogP contribution is -2.57. The second-order valence-corrected chi connectivity index (χ2v) is 12.6. The third-order valence-electron chi connectivity index (χ3n) is 7.94. The number of anilines is 1. The Labute approximate surface area is 220 Å². The van der Waals surface area contributed by atoms with Crippen molar-refractivity contribution in [2.45, 2.75) is 82.0 Å². The largest absolute Gasteiger partial charge is 0.390 e. The highest BCUT2D eigenvalue weighted by molar-refractivity contribution is 6.31. The molecule has 0 unspecified atom stereocenters. The summed E-state index contributed by atoms with van der Waals surface area (Å²) in [5, 5.41) is 19.8. The second-order valence-electron chi connectivity index (χ2n) is 12.2. The lowest BCUT2D eigenvalue weighted by Gasteiger charge is -2.42. The van der Waals surface area contributed by atoms with Crippen molar-refractivity contribution in [3.63, 3.8) is 0 Å². The van der Waals surface area contributed by atoms with Crippen LogP contribution < -0.4 is 16.0 Å². The van der Waals surface area contributed by atoms with Crippen molar-refractivity contribution >= 4 is 29.1 Å². The highest BCUT2D eigenvalue weighted by atomic mass is 35.5. The van der Waals surface area contributed by atoms with Gasteiger partial charge in [-0.2, -0.15) is 0 Å². The first-order valence-corrected chi connectivity index (χ1v) is 12.9. The fourth-order valence-electron chi connectivity index (χ4n) is 6.55. The summed E-state index contributed by atoms with van der Waals surface area (Å²) >= 11 is 6.23. The number of carbonyl (C=O) groups excluding carboxylic acids is 2. The first-order chi connectivity index (χ1) is 17.2. The third kappa shape index (κ3) is 4.33. The molecule has 0 bridgehead atoms. The van der Waals surface area contributed by atoms with Gasteiger partial charge in [0.15, 0.2) is 11.6 Å². The number of aliphatic hydroxyl groups is 1. The van der Waals surface area contributed by atoms with Crippen LogP contribution in [0.1, 0.15) is 64.0 Å². The average molecular weight is 532 g/mol. The monoisotopic (exact) mass is 531 g/mol. The summed E-state index contributed by atoms with van der Waals surface area (Å²) in [6.45, 7) is 7.78. The van der Waals surface area contributed by atoms with Crippen LogP contribution in [0.25, 0.3) is 0 Å². The minimum atomic E-state index is -1.39. The molecular formula is C28H32ClF2N3O3. The van der Waals surface area contributed by atoms with E-state index in [1.807, 2.05) is 20.8 Å². The predicted octanol–water partition coefficient (Wildman–Crippen LogP) is 4.40. The molecule has 2 heterocycles. The molecule has 2 aliphatic heterocycles. The number of benzene rings is 2. The minimum Gasteiger partial charge on any atom is -0.390 e. The molecule has 2 aromatic carbocycles. The van der Waals surface area contributed by atoms with E-state index in [0.29, 0.717) is 35.5 Å². The van der Waals surface area contributed by atoms with E-state index >= 15 is 4.39 Å². The van der Waals surface area contributed by atoms with Crippen molar-refractivity contribution in [1.82, 2.24) is 10.6 Å². The maximum atomic E-state index is 15.5. The van der Waals surface area contributed by atoms with Crippen LogP contribution in [0, 0.1) is 17.0 Å². The molecule has 6 nitrogen and oxygen atoms in total. The summed E-state index contributed by atoms with van der Waals surface area (Å²) < 4.78 is 30.0. The van der Waals surface area contributed by atoms with Gasteiger partial charge in [0.2, 0.25) is 11.8 Å². The van der Waals surface area contributed by atoms with E-state index in [2.05, 4.69) is 16.0 Å². The predicted molar refractivity (Wildman–Crippen MR) is 137 cm³/mol. The Morgan fingerprint density at radius 1 is 1.22 bits per heavy atom. The van der Waals surface area contributed by atoms with Gasteiger partial charge in [0, 0.05) is 28.7 Å². The van der Waals surface area contributed by atoms with Crippen molar-refractivity contribution in [3.05, 3.63) is 64.2 Å². The molecule has 4 N–H and O–H groups in total.